The number of para-hydroxylation sites is 1. The van der Waals surface area contributed by atoms with Crippen molar-refractivity contribution in [3.63, 3.8) is 0 Å². The summed E-state index contributed by atoms with van der Waals surface area (Å²) in [5, 5.41) is 6.26. The second kappa shape index (κ2) is 11.6. The molecule has 8 heteroatoms. The number of rotatable bonds is 10. The largest absolute Gasteiger partial charge is 0.484 e. The fourth-order valence-corrected chi connectivity index (χ4v) is 1.97. The van der Waals surface area contributed by atoms with Gasteiger partial charge in [0.25, 0.3) is 0 Å². The lowest BCUT2D eigenvalue weighted by molar-refractivity contribution is -0.153. The first-order chi connectivity index (χ1) is 12.0. The number of nitrogens with zero attached hydrogens (tertiary/aromatic N) is 1. The lowest BCUT2D eigenvalue weighted by atomic mass is 10.2. The molecule has 0 amide bonds. The summed E-state index contributed by atoms with van der Waals surface area (Å²) in [7, 11) is 0. The van der Waals surface area contributed by atoms with Crippen LogP contribution < -0.4 is 15.4 Å². The van der Waals surface area contributed by atoms with Gasteiger partial charge in [0, 0.05) is 31.9 Å². The maximum Gasteiger partial charge on any atom is 0.422 e. The van der Waals surface area contributed by atoms with Crippen molar-refractivity contribution in [1.29, 1.82) is 0 Å². The molecule has 0 spiro atoms. The van der Waals surface area contributed by atoms with E-state index in [-0.39, 0.29) is 12.3 Å². The maximum absolute atomic E-state index is 12.3. The zero-order valence-electron chi connectivity index (χ0n) is 14.7. The highest BCUT2D eigenvalue weighted by molar-refractivity contribution is 5.79. The number of hydrogen-bond donors (Lipinski definition) is 2. The Hall–Kier alpha value is -1.96. The summed E-state index contributed by atoms with van der Waals surface area (Å²) in [5.41, 5.74) is 0.596. The first-order valence-electron chi connectivity index (χ1n) is 8.33. The lowest BCUT2D eigenvalue weighted by Gasteiger charge is -2.14. The van der Waals surface area contributed by atoms with E-state index in [1.54, 1.807) is 18.2 Å². The Bertz CT molecular complexity index is 522. The molecule has 2 N–H and O–H groups in total. The van der Waals surface area contributed by atoms with E-state index in [9.17, 15) is 13.2 Å². The summed E-state index contributed by atoms with van der Waals surface area (Å²) in [6.45, 7) is 5.51. The maximum atomic E-state index is 12.3. The van der Waals surface area contributed by atoms with Crippen LogP contribution in [0, 0.1) is 0 Å². The minimum atomic E-state index is -4.37. The highest BCUT2D eigenvalue weighted by Crippen LogP contribution is 2.22. The number of hydrogen-bond acceptors (Lipinski definition) is 3. The van der Waals surface area contributed by atoms with Crippen molar-refractivity contribution >= 4 is 5.96 Å². The van der Waals surface area contributed by atoms with Crippen LogP contribution in [0.1, 0.15) is 25.8 Å². The molecule has 0 unspecified atom stereocenters. The smallest absolute Gasteiger partial charge is 0.422 e. The molecule has 0 heterocycles. The standard InChI is InChI=1S/C17H26F3N3O2/c1-3-21-16(22-10-7-11-24-4-2)23-12-14-8-5-6-9-15(14)25-13-17(18,19)20/h5-6,8-9H,3-4,7,10-13H2,1-2H3,(H2,21,22,23). The number of nitrogens with one attached hydrogen (secondary N) is 2. The summed E-state index contributed by atoms with van der Waals surface area (Å²) in [6, 6.07) is 6.59. The van der Waals surface area contributed by atoms with Gasteiger partial charge in [0.1, 0.15) is 5.75 Å². The molecule has 0 saturated heterocycles. The van der Waals surface area contributed by atoms with Gasteiger partial charge in [-0.25, -0.2) is 4.99 Å². The van der Waals surface area contributed by atoms with Crippen molar-refractivity contribution in [3.8, 4) is 5.75 Å². The summed E-state index contributed by atoms with van der Waals surface area (Å²) in [5.74, 6) is 0.792. The first-order valence-corrected chi connectivity index (χ1v) is 8.33. The SMILES string of the molecule is CCNC(=NCc1ccccc1OCC(F)(F)F)NCCCOCC. The zero-order valence-corrected chi connectivity index (χ0v) is 14.7. The molecular formula is C17H26F3N3O2. The van der Waals surface area contributed by atoms with E-state index in [1.807, 2.05) is 13.8 Å². The molecule has 0 saturated carbocycles. The molecule has 1 rings (SSSR count). The molecule has 142 valence electrons. The highest BCUT2D eigenvalue weighted by atomic mass is 19.4. The van der Waals surface area contributed by atoms with E-state index >= 15 is 0 Å². The van der Waals surface area contributed by atoms with Gasteiger partial charge in [-0.2, -0.15) is 13.2 Å². The van der Waals surface area contributed by atoms with E-state index in [1.165, 1.54) is 6.07 Å². The van der Waals surface area contributed by atoms with Gasteiger partial charge < -0.3 is 20.1 Å². The van der Waals surface area contributed by atoms with Gasteiger partial charge in [-0.05, 0) is 26.3 Å². The third kappa shape index (κ3) is 9.81. The van der Waals surface area contributed by atoms with Gasteiger partial charge in [0.2, 0.25) is 0 Å². The fraction of sp³-hybridized carbons (Fsp3) is 0.588. The van der Waals surface area contributed by atoms with Crippen LogP contribution in [0.15, 0.2) is 29.3 Å². The van der Waals surface area contributed by atoms with Gasteiger partial charge in [-0.1, -0.05) is 18.2 Å². The topological polar surface area (TPSA) is 54.9 Å². The number of guanidine groups is 1. The van der Waals surface area contributed by atoms with E-state index in [0.717, 1.165) is 6.42 Å². The van der Waals surface area contributed by atoms with Crippen LogP contribution in [-0.4, -0.2) is 45.0 Å². The average molecular weight is 361 g/mol. The van der Waals surface area contributed by atoms with Crippen LogP contribution in [0.2, 0.25) is 0 Å². The van der Waals surface area contributed by atoms with Crippen molar-refractivity contribution in [2.24, 2.45) is 4.99 Å². The predicted molar refractivity (Wildman–Crippen MR) is 91.9 cm³/mol. The fourth-order valence-electron chi connectivity index (χ4n) is 1.97. The number of ether oxygens (including phenoxy) is 2. The molecule has 1 aromatic rings. The second-order valence-corrected chi connectivity index (χ2v) is 5.18. The Labute approximate surface area is 146 Å². The van der Waals surface area contributed by atoms with Gasteiger partial charge in [0.05, 0.1) is 6.54 Å². The molecule has 0 bridgehead atoms. The summed E-state index contributed by atoms with van der Waals surface area (Å²) >= 11 is 0. The Kier molecular flexibility index (Phi) is 9.76. The van der Waals surface area contributed by atoms with Crippen LogP contribution in [0.4, 0.5) is 13.2 Å². The van der Waals surface area contributed by atoms with Crippen LogP contribution in [0.25, 0.3) is 0 Å². The number of halogens is 3. The Balaban J connectivity index is 2.62. The summed E-state index contributed by atoms with van der Waals surface area (Å²) in [4.78, 5) is 4.40. The van der Waals surface area contributed by atoms with Crippen molar-refractivity contribution in [1.82, 2.24) is 10.6 Å². The summed E-state index contributed by atoms with van der Waals surface area (Å²) in [6.07, 6.45) is -3.53. The van der Waals surface area contributed by atoms with E-state index in [2.05, 4.69) is 15.6 Å². The Morgan fingerprint density at radius 3 is 2.60 bits per heavy atom. The van der Waals surface area contributed by atoms with E-state index in [0.29, 0.717) is 37.8 Å². The molecular weight excluding hydrogens is 335 g/mol. The van der Waals surface area contributed by atoms with E-state index < -0.39 is 12.8 Å². The molecule has 0 aromatic heterocycles. The third-order valence-electron chi connectivity index (χ3n) is 3.08. The van der Waals surface area contributed by atoms with Crippen molar-refractivity contribution in [2.45, 2.75) is 33.0 Å². The molecule has 0 aliphatic heterocycles. The summed E-state index contributed by atoms with van der Waals surface area (Å²) < 4.78 is 47.1. The van der Waals surface area contributed by atoms with Crippen LogP contribution in [-0.2, 0) is 11.3 Å². The zero-order chi connectivity index (χ0) is 18.5. The molecule has 5 nitrogen and oxygen atoms in total. The number of aliphatic imine (C=N–C) groups is 1. The van der Waals surface area contributed by atoms with Crippen molar-refractivity contribution in [2.75, 3.05) is 32.9 Å². The lowest BCUT2D eigenvalue weighted by Crippen LogP contribution is -2.38. The number of alkyl halides is 3. The first kappa shape index (κ1) is 21.1. The molecule has 1 aromatic carbocycles. The monoisotopic (exact) mass is 361 g/mol. The Morgan fingerprint density at radius 1 is 1.16 bits per heavy atom. The minimum Gasteiger partial charge on any atom is -0.484 e. The Morgan fingerprint density at radius 2 is 1.92 bits per heavy atom. The molecule has 25 heavy (non-hydrogen) atoms. The molecule has 0 fully saturated rings. The van der Waals surface area contributed by atoms with Crippen LogP contribution >= 0.6 is 0 Å². The normalized spacial score (nSPS) is 12.1. The molecule has 0 aliphatic carbocycles. The van der Waals surface area contributed by atoms with Gasteiger partial charge in [-0.3, -0.25) is 0 Å². The predicted octanol–water partition coefficient (Wildman–Crippen LogP) is 3.11. The average Bonchev–Trinajstić information content (AvgIpc) is 2.57. The van der Waals surface area contributed by atoms with Crippen molar-refractivity contribution < 1.29 is 22.6 Å². The molecule has 0 radical (unpaired) electrons. The van der Waals surface area contributed by atoms with Crippen molar-refractivity contribution in [3.05, 3.63) is 29.8 Å². The van der Waals surface area contributed by atoms with Gasteiger partial charge in [-0.15, -0.1) is 0 Å². The highest BCUT2D eigenvalue weighted by Gasteiger charge is 2.28. The molecule has 0 aliphatic rings. The third-order valence-corrected chi connectivity index (χ3v) is 3.08. The van der Waals surface area contributed by atoms with Gasteiger partial charge in [0.15, 0.2) is 12.6 Å². The minimum absolute atomic E-state index is 0.191. The van der Waals surface area contributed by atoms with Crippen LogP contribution in [0.5, 0.6) is 5.75 Å². The van der Waals surface area contributed by atoms with Gasteiger partial charge >= 0.3 is 6.18 Å². The molecule has 0 atom stereocenters. The quantitative estimate of drug-likeness (QED) is 0.382. The van der Waals surface area contributed by atoms with Crippen LogP contribution in [0.3, 0.4) is 0 Å². The van der Waals surface area contributed by atoms with E-state index in [4.69, 9.17) is 9.47 Å². The number of benzene rings is 1. The second-order valence-electron chi connectivity index (χ2n) is 5.18.